The van der Waals surface area contributed by atoms with E-state index in [2.05, 4.69) is 5.32 Å². The molecule has 7 heteroatoms. The smallest absolute Gasteiger partial charge is 0.265 e. The van der Waals surface area contributed by atoms with Crippen molar-refractivity contribution in [2.45, 2.75) is 0 Å². The van der Waals surface area contributed by atoms with Gasteiger partial charge in [-0.25, -0.2) is 0 Å². The standard InChI is InChI=1S/C21H19ClN2O3S/c1-24(10-11-27-18-8-3-6-16(22)14-18)21(26)15-5-2-7-17(13-15)23-20(25)19-9-4-12-28-19/h2-9,12-14H,10-11H2,1H3,(H,23,25). The van der Waals surface area contributed by atoms with Crippen molar-refractivity contribution in [3.05, 3.63) is 81.5 Å². The lowest BCUT2D eigenvalue weighted by molar-refractivity contribution is 0.0773. The quantitative estimate of drug-likeness (QED) is 0.603. The zero-order valence-corrected chi connectivity index (χ0v) is 16.8. The molecular weight excluding hydrogens is 396 g/mol. The largest absolute Gasteiger partial charge is 0.492 e. The second-order valence-electron chi connectivity index (χ2n) is 6.04. The van der Waals surface area contributed by atoms with Crippen LogP contribution in [0.1, 0.15) is 20.0 Å². The maximum atomic E-state index is 12.6. The molecule has 0 aliphatic carbocycles. The van der Waals surface area contributed by atoms with Gasteiger partial charge in [0.15, 0.2) is 0 Å². The third kappa shape index (κ3) is 5.34. The van der Waals surface area contributed by atoms with Gasteiger partial charge >= 0.3 is 0 Å². The molecule has 1 N–H and O–H groups in total. The molecule has 0 aliphatic rings. The van der Waals surface area contributed by atoms with Crippen LogP contribution in [-0.2, 0) is 0 Å². The molecule has 3 aromatic rings. The van der Waals surface area contributed by atoms with Crippen molar-refractivity contribution in [2.24, 2.45) is 0 Å². The zero-order valence-electron chi connectivity index (χ0n) is 15.2. The van der Waals surface area contributed by atoms with Gasteiger partial charge in [-0.05, 0) is 47.8 Å². The molecule has 0 radical (unpaired) electrons. The topological polar surface area (TPSA) is 58.6 Å². The van der Waals surface area contributed by atoms with E-state index in [1.807, 2.05) is 23.6 Å². The molecule has 0 fully saturated rings. The van der Waals surface area contributed by atoms with Crippen LogP contribution < -0.4 is 10.1 Å². The molecule has 1 heterocycles. The predicted octanol–water partition coefficient (Wildman–Crippen LogP) is 4.80. The van der Waals surface area contributed by atoms with E-state index in [1.54, 1.807) is 54.4 Å². The molecule has 28 heavy (non-hydrogen) atoms. The maximum Gasteiger partial charge on any atom is 0.265 e. The summed E-state index contributed by atoms with van der Waals surface area (Å²) in [6, 6.07) is 17.6. The van der Waals surface area contributed by atoms with Crippen molar-refractivity contribution >= 4 is 40.4 Å². The number of amides is 2. The summed E-state index contributed by atoms with van der Waals surface area (Å²) in [5, 5.41) is 5.25. The molecular formula is C21H19ClN2O3S. The first-order valence-electron chi connectivity index (χ1n) is 8.61. The number of benzene rings is 2. The molecule has 2 aromatic carbocycles. The van der Waals surface area contributed by atoms with Crippen molar-refractivity contribution in [1.82, 2.24) is 4.90 Å². The van der Waals surface area contributed by atoms with Gasteiger partial charge in [0.1, 0.15) is 12.4 Å². The molecule has 0 spiro atoms. The average Bonchev–Trinajstić information content (AvgIpc) is 3.22. The number of ether oxygens (including phenoxy) is 1. The molecule has 1 aromatic heterocycles. The van der Waals surface area contributed by atoms with Crippen LogP contribution in [0.4, 0.5) is 5.69 Å². The molecule has 0 atom stereocenters. The highest BCUT2D eigenvalue weighted by molar-refractivity contribution is 7.12. The lowest BCUT2D eigenvalue weighted by Gasteiger charge is -2.18. The Balaban J connectivity index is 1.56. The summed E-state index contributed by atoms with van der Waals surface area (Å²) in [7, 11) is 1.71. The van der Waals surface area contributed by atoms with E-state index in [-0.39, 0.29) is 11.8 Å². The van der Waals surface area contributed by atoms with Gasteiger partial charge in [0.05, 0.1) is 11.4 Å². The summed E-state index contributed by atoms with van der Waals surface area (Å²) < 4.78 is 5.63. The van der Waals surface area contributed by atoms with Crippen LogP contribution in [0.3, 0.4) is 0 Å². The first-order valence-corrected chi connectivity index (χ1v) is 9.87. The van der Waals surface area contributed by atoms with Crippen LogP contribution in [0.25, 0.3) is 0 Å². The Morgan fingerprint density at radius 3 is 2.68 bits per heavy atom. The minimum atomic E-state index is -0.192. The first kappa shape index (κ1) is 19.9. The zero-order chi connectivity index (χ0) is 19.9. The van der Waals surface area contributed by atoms with E-state index in [0.717, 1.165) is 0 Å². The van der Waals surface area contributed by atoms with Crippen molar-refractivity contribution in [2.75, 3.05) is 25.5 Å². The average molecular weight is 415 g/mol. The van der Waals surface area contributed by atoms with Gasteiger partial charge in [-0.1, -0.05) is 29.8 Å². The van der Waals surface area contributed by atoms with Crippen molar-refractivity contribution in [1.29, 1.82) is 0 Å². The third-order valence-electron chi connectivity index (χ3n) is 3.95. The Hall–Kier alpha value is -2.83. The van der Waals surface area contributed by atoms with Gasteiger partial charge < -0.3 is 15.0 Å². The third-order valence-corrected chi connectivity index (χ3v) is 5.05. The summed E-state index contributed by atoms with van der Waals surface area (Å²) in [6.07, 6.45) is 0. The number of nitrogens with zero attached hydrogens (tertiary/aromatic N) is 1. The summed E-state index contributed by atoms with van der Waals surface area (Å²) in [5.41, 5.74) is 1.07. The minimum Gasteiger partial charge on any atom is -0.492 e. The molecule has 0 saturated heterocycles. The molecule has 5 nitrogen and oxygen atoms in total. The molecule has 0 saturated carbocycles. The Labute approximate surface area is 172 Å². The number of hydrogen-bond acceptors (Lipinski definition) is 4. The van der Waals surface area contributed by atoms with Crippen LogP contribution in [0.15, 0.2) is 66.0 Å². The van der Waals surface area contributed by atoms with Crippen LogP contribution in [-0.4, -0.2) is 36.9 Å². The lowest BCUT2D eigenvalue weighted by Crippen LogP contribution is -2.31. The van der Waals surface area contributed by atoms with Gasteiger partial charge in [-0.2, -0.15) is 0 Å². The van der Waals surface area contributed by atoms with Crippen LogP contribution >= 0.6 is 22.9 Å². The monoisotopic (exact) mass is 414 g/mol. The molecule has 3 rings (SSSR count). The van der Waals surface area contributed by atoms with Gasteiger partial charge in [0, 0.05) is 23.3 Å². The number of rotatable bonds is 7. The van der Waals surface area contributed by atoms with Gasteiger partial charge in [0.2, 0.25) is 0 Å². The minimum absolute atomic E-state index is 0.151. The first-order chi connectivity index (χ1) is 13.5. The summed E-state index contributed by atoms with van der Waals surface area (Å²) in [6.45, 7) is 0.758. The Morgan fingerprint density at radius 1 is 1.11 bits per heavy atom. The SMILES string of the molecule is CN(CCOc1cccc(Cl)c1)C(=O)c1cccc(NC(=O)c2cccs2)c1. The molecule has 0 aliphatic heterocycles. The normalized spacial score (nSPS) is 10.4. The summed E-state index contributed by atoms with van der Waals surface area (Å²) in [5.74, 6) is 0.316. The predicted molar refractivity (Wildman–Crippen MR) is 113 cm³/mol. The number of carbonyl (C=O) groups is 2. The second kappa shape index (κ2) is 9.39. The van der Waals surface area contributed by atoms with Gasteiger partial charge in [-0.3, -0.25) is 9.59 Å². The number of anilines is 1. The number of nitrogens with one attached hydrogen (secondary N) is 1. The van der Waals surface area contributed by atoms with E-state index >= 15 is 0 Å². The van der Waals surface area contributed by atoms with E-state index in [0.29, 0.717) is 40.1 Å². The number of thiophene rings is 1. The molecule has 2 amide bonds. The van der Waals surface area contributed by atoms with E-state index in [4.69, 9.17) is 16.3 Å². The van der Waals surface area contributed by atoms with Gasteiger partial charge in [-0.15, -0.1) is 11.3 Å². The van der Waals surface area contributed by atoms with Crippen LogP contribution in [0, 0.1) is 0 Å². The van der Waals surface area contributed by atoms with E-state index in [9.17, 15) is 9.59 Å². The number of carbonyl (C=O) groups excluding carboxylic acids is 2. The molecule has 0 bridgehead atoms. The van der Waals surface area contributed by atoms with Crippen molar-refractivity contribution in [3.8, 4) is 5.75 Å². The van der Waals surface area contributed by atoms with E-state index < -0.39 is 0 Å². The highest BCUT2D eigenvalue weighted by Crippen LogP contribution is 2.18. The fraction of sp³-hybridized carbons (Fsp3) is 0.143. The van der Waals surface area contributed by atoms with Crippen molar-refractivity contribution < 1.29 is 14.3 Å². The molecule has 144 valence electrons. The Bertz CT molecular complexity index is 960. The fourth-order valence-corrected chi connectivity index (χ4v) is 3.31. The van der Waals surface area contributed by atoms with Crippen LogP contribution in [0.2, 0.25) is 5.02 Å². The van der Waals surface area contributed by atoms with Gasteiger partial charge in [0.25, 0.3) is 11.8 Å². The lowest BCUT2D eigenvalue weighted by atomic mass is 10.1. The number of halogens is 1. The molecule has 0 unspecified atom stereocenters. The Morgan fingerprint density at radius 2 is 1.93 bits per heavy atom. The van der Waals surface area contributed by atoms with Crippen LogP contribution in [0.5, 0.6) is 5.75 Å². The number of likely N-dealkylation sites (N-methyl/N-ethyl adjacent to an activating group) is 1. The maximum absolute atomic E-state index is 12.6. The van der Waals surface area contributed by atoms with Crippen molar-refractivity contribution in [3.63, 3.8) is 0 Å². The highest BCUT2D eigenvalue weighted by Gasteiger charge is 2.13. The second-order valence-corrected chi connectivity index (χ2v) is 7.43. The van der Waals surface area contributed by atoms with E-state index in [1.165, 1.54) is 11.3 Å². The summed E-state index contributed by atoms with van der Waals surface area (Å²) in [4.78, 5) is 27.0. The fourth-order valence-electron chi connectivity index (χ4n) is 2.51. The summed E-state index contributed by atoms with van der Waals surface area (Å²) >= 11 is 7.29. The Kier molecular flexibility index (Phi) is 6.68. The number of hydrogen-bond donors (Lipinski definition) is 1. The highest BCUT2D eigenvalue weighted by atomic mass is 35.5.